The van der Waals surface area contributed by atoms with Crippen LogP contribution in [0.1, 0.15) is 13.8 Å². The second-order valence-corrected chi connectivity index (χ2v) is 2.91. The molecule has 0 aliphatic heterocycles. The van der Waals surface area contributed by atoms with Gasteiger partial charge in [0.25, 0.3) is 0 Å². The Morgan fingerprint density at radius 1 is 1.33 bits per heavy atom. The van der Waals surface area contributed by atoms with E-state index < -0.39 is 29.8 Å². The first kappa shape index (κ1) is 10.9. The number of nitrogens with two attached hydrogens (primary N) is 2. The summed E-state index contributed by atoms with van der Waals surface area (Å²) in [6.45, 7) is 3.16. The molecule has 0 heterocycles. The summed E-state index contributed by atoms with van der Waals surface area (Å²) in [6.07, 6.45) is 0. The fraction of sp³-hybridized carbons (Fsp3) is 0.714. The summed E-state index contributed by atoms with van der Waals surface area (Å²) in [7, 11) is 0. The van der Waals surface area contributed by atoms with Crippen LogP contribution in [0.25, 0.3) is 0 Å². The Balaban J connectivity index is 4.28. The second kappa shape index (κ2) is 4.06. The van der Waals surface area contributed by atoms with Crippen LogP contribution in [0.4, 0.5) is 0 Å². The lowest BCUT2D eigenvalue weighted by Gasteiger charge is -2.20. The summed E-state index contributed by atoms with van der Waals surface area (Å²) in [6, 6.07) is -1.03. The lowest BCUT2D eigenvalue weighted by molar-refractivity contribution is -0.140. The van der Waals surface area contributed by atoms with Crippen molar-refractivity contribution >= 4 is 11.9 Å². The van der Waals surface area contributed by atoms with Crippen LogP contribution in [0.3, 0.4) is 0 Å². The van der Waals surface area contributed by atoms with E-state index in [2.05, 4.69) is 0 Å². The molecule has 5 nitrogen and oxygen atoms in total. The van der Waals surface area contributed by atoms with Crippen LogP contribution in [-0.2, 0) is 9.59 Å². The lowest BCUT2D eigenvalue weighted by Crippen LogP contribution is -2.42. The number of carbonyl (C=O) groups excluding carboxylic acids is 1. The Bertz CT molecular complexity index is 173. The van der Waals surface area contributed by atoms with Crippen LogP contribution in [0.15, 0.2) is 0 Å². The first-order valence-corrected chi connectivity index (χ1v) is 3.65. The van der Waals surface area contributed by atoms with Crippen molar-refractivity contribution in [1.29, 1.82) is 0 Å². The van der Waals surface area contributed by atoms with Gasteiger partial charge in [-0.25, -0.2) is 0 Å². The van der Waals surface area contributed by atoms with Gasteiger partial charge in [-0.1, -0.05) is 13.8 Å². The molecule has 0 bridgehead atoms. The zero-order valence-electron chi connectivity index (χ0n) is 7.15. The predicted octanol–water partition coefficient (Wildman–Crippen LogP) is -0.844. The van der Waals surface area contributed by atoms with Crippen LogP contribution >= 0.6 is 0 Å². The molecule has 12 heavy (non-hydrogen) atoms. The van der Waals surface area contributed by atoms with E-state index in [-0.39, 0.29) is 0 Å². The Morgan fingerprint density at radius 2 is 1.75 bits per heavy atom. The molecule has 0 aromatic carbocycles. The molecular weight excluding hydrogens is 160 g/mol. The van der Waals surface area contributed by atoms with E-state index in [0.717, 1.165) is 0 Å². The molecule has 0 aliphatic carbocycles. The Morgan fingerprint density at radius 3 is 2.00 bits per heavy atom. The molecule has 0 rings (SSSR count). The number of rotatable bonds is 4. The van der Waals surface area contributed by atoms with Gasteiger partial charge in [-0.05, 0) is 5.92 Å². The zero-order valence-corrected chi connectivity index (χ0v) is 7.15. The van der Waals surface area contributed by atoms with Crippen LogP contribution in [-0.4, -0.2) is 23.0 Å². The molecule has 1 amide bonds. The summed E-state index contributed by atoms with van der Waals surface area (Å²) < 4.78 is 0. The summed E-state index contributed by atoms with van der Waals surface area (Å²) in [4.78, 5) is 21.0. The SMILES string of the molecule is C[C@H]([C@H](N)C(=O)O)[C@@H](C)C(N)=O. The van der Waals surface area contributed by atoms with Gasteiger partial charge in [0.2, 0.25) is 5.91 Å². The molecule has 0 radical (unpaired) electrons. The van der Waals surface area contributed by atoms with Crippen molar-refractivity contribution in [3.8, 4) is 0 Å². The van der Waals surface area contributed by atoms with Gasteiger partial charge in [0.05, 0.1) is 0 Å². The van der Waals surface area contributed by atoms with Crippen molar-refractivity contribution in [2.75, 3.05) is 0 Å². The topological polar surface area (TPSA) is 106 Å². The molecular formula is C7H14N2O3. The number of primary amides is 1. The van der Waals surface area contributed by atoms with Gasteiger partial charge in [-0.2, -0.15) is 0 Å². The maximum absolute atomic E-state index is 10.6. The van der Waals surface area contributed by atoms with Crippen molar-refractivity contribution < 1.29 is 14.7 Å². The highest BCUT2D eigenvalue weighted by Crippen LogP contribution is 2.13. The fourth-order valence-corrected chi connectivity index (χ4v) is 0.795. The second-order valence-electron chi connectivity index (χ2n) is 2.91. The van der Waals surface area contributed by atoms with Crippen molar-refractivity contribution in [3.05, 3.63) is 0 Å². The van der Waals surface area contributed by atoms with Gasteiger partial charge in [-0.15, -0.1) is 0 Å². The Kier molecular flexibility index (Phi) is 3.69. The minimum atomic E-state index is -1.12. The Hall–Kier alpha value is -1.10. The smallest absolute Gasteiger partial charge is 0.320 e. The minimum Gasteiger partial charge on any atom is -0.480 e. The van der Waals surface area contributed by atoms with Gasteiger partial charge in [0.15, 0.2) is 0 Å². The van der Waals surface area contributed by atoms with Gasteiger partial charge >= 0.3 is 5.97 Å². The number of carboxylic acid groups (broad SMARTS) is 1. The van der Waals surface area contributed by atoms with Crippen LogP contribution in [0.5, 0.6) is 0 Å². The molecule has 70 valence electrons. The number of hydrogen-bond acceptors (Lipinski definition) is 3. The van der Waals surface area contributed by atoms with E-state index in [0.29, 0.717) is 0 Å². The maximum Gasteiger partial charge on any atom is 0.320 e. The molecule has 0 aromatic heterocycles. The standard InChI is InChI=1S/C7H14N2O3/c1-3(4(2)6(9)10)5(8)7(11)12/h3-5H,8H2,1-2H3,(H2,9,10)(H,11,12)/t3-,4+,5-/m0/s1. The summed E-state index contributed by atoms with van der Waals surface area (Å²) in [5.41, 5.74) is 10.3. The van der Waals surface area contributed by atoms with E-state index in [1.165, 1.54) is 0 Å². The van der Waals surface area contributed by atoms with E-state index >= 15 is 0 Å². The molecule has 0 aliphatic rings. The molecule has 0 aromatic rings. The van der Waals surface area contributed by atoms with Gasteiger partial charge < -0.3 is 16.6 Å². The van der Waals surface area contributed by atoms with E-state index in [4.69, 9.17) is 16.6 Å². The van der Waals surface area contributed by atoms with Crippen LogP contribution in [0, 0.1) is 11.8 Å². The predicted molar refractivity (Wildman–Crippen MR) is 43.1 cm³/mol. The molecule has 0 saturated carbocycles. The quantitative estimate of drug-likeness (QED) is 0.516. The zero-order chi connectivity index (χ0) is 9.89. The number of carboxylic acids is 1. The monoisotopic (exact) mass is 174 g/mol. The van der Waals surface area contributed by atoms with Crippen molar-refractivity contribution in [2.45, 2.75) is 19.9 Å². The number of aliphatic carboxylic acids is 1. The first-order chi connectivity index (χ1) is 5.37. The Labute approximate surface area is 70.7 Å². The van der Waals surface area contributed by atoms with E-state index in [1.807, 2.05) is 0 Å². The molecule has 0 fully saturated rings. The van der Waals surface area contributed by atoms with Crippen LogP contribution in [0.2, 0.25) is 0 Å². The third-order valence-corrected chi connectivity index (χ3v) is 2.09. The highest BCUT2D eigenvalue weighted by molar-refractivity contribution is 5.79. The van der Waals surface area contributed by atoms with E-state index in [1.54, 1.807) is 13.8 Å². The van der Waals surface area contributed by atoms with E-state index in [9.17, 15) is 9.59 Å². The summed E-state index contributed by atoms with van der Waals surface area (Å²) in [5, 5.41) is 8.51. The summed E-state index contributed by atoms with van der Waals surface area (Å²) in [5.74, 6) is -2.61. The molecule has 0 spiro atoms. The van der Waals surface area contributed by atoms with Gasteiger partial charge in [-0.3, -0.25) is 9.59 Å². The summed E-state index contributed by atoms with van der Waals surface area (Å²) >= 11 is 0. The van der Waals surface area contributed by atoms with Crippen LogP contribution < -0.4 is 11.5 Å². The number of amides is 1. The highest BCUT2D eigenvalue weighted by Gasteiger charge is 2.27. The minimum absolute atomic E-state index is 0.444. The maximum atomic E-state index is 10.6. The molecule has 0 unspecified atom stereocenters. The number of hydrogen-bond donors (Lipinski definition) is 3. The lowest BCUT2D eigenvalue weighted by atomic mass is 9.89. The molecule has 3 atom stereocenters. The van der Waals surface area contributed by atoms with Gasteiger partial charge in [0, 0.05) is 5.92 Å². The van der Waals surface area contributed by atoms with Crippen molar-refractivity contribution in [2.24, 2.45) is 23.3 Å². The largest absolute Gasteiger partial charge is 0.480 e. The molecule has 0 saturated heterocycles. The van der Waals surface area contributed by atoms with Gasteiger partial charge in [0.1, 0.15) is 6.04 Å². The molecule has 5 N–H and O–H groups in total. The third-order valence-electron chi connectivity index (χ3n) is 2.09. The van der Waals surface area contributed by atoms with Crippen molar-refractivity contribution in [3.63, 3.8) is 0 Å². The average molecular weight is 174 g/mol. The average Bonchev–Trinajstić information content (AvgIpc) is 2.00. The first-order valence-electron chi connectivity index (χ1n) is 3.65. The highest BCUT2D eigenvalue weighted by atomic mass is 16.4. The van der Waals surface area contributed by atoms with Crippen molar-refractivity contribution in [1.82, 2.24) is 0 Å². The normalized spacial score (nSPS) is 17.9. The third kappa shape index (κ3) is 2.50. The number of carbonyl (C=O) groups is 2. The fourth-order valence-electron chi connectivity index (χ4n) is 0.795. The molecule has 5 heteroatoms.